The van der Waals surface area contributed by atoms with Gasteiger partial charge in [0.05, 0.1) is 13.1 Å². The van der Waals surface area contributed by atoms with Gasteiger partial charge in [-0.25, -0.2) is 8.78 Å². The number of rotatable bonds is 4. The van der Waals surface area contributed by atoms with Gasteiger partial charge in [0.2, 0.25) is 11.8 Å². The van der Waals surface area contributed by atoms with Gasteiger partial charge in [0.25, 0.3) is 0 Å². The number of aryl methyl sites for hydroxylation is 2. The van der Waals surface area contributed by atoms with Gasteiger partial charge in [-0.05, 0) is 25.0 Å². The monoisotopic (exact) mass is 349 g/mol. The summed E-state index contributed by atoms with van der Waals surface area (Å²) in [5, 5.41) is 7.92. The smallest absolute Gasteiger partial charge is 0.242 e. The molecule has 0 spiro atoms. The molecule has 2 heterocycles. The fourth-order valence-electron chi connectivity index (χ4n) is 2.95. The summed E-state index contributed by atoms with van der Waals surface area (Å²) in [7, 11) is 0. The van der Waals surface area contributed by atoms with Crippen LogP contribution in [0.25, 0.3) is 0 Å². The summed E-state index contributed by atoms with van der Waals surface area (Å²) >= 11 is 0. The minimum Gasteiger partial charge on any atom is -0.368 e. The third kappa shape index (κ3) is 3.21. The minimum atomic E-state index is -0.962. The van der Waals surface area contributed by atoms with Crippen molar-refractivity contribution in [2.45, 2.75) is 38.9 Å². The number of primary amides is 1. The quantitative estimate of drug-likeness (QED) is 0.879. The van der Waals surface area contributed by atoms with Gasteiger partial charge in [0.15, 0.2) is 17.5 Å². The predicted molar refractivity (Wildman–Crippen MR) is 83.0 cm³/mol. The number of nitrogens with two attached hydrogens (primary N) is 1. The second kappa shape index (κ2) is 6.58. The number of hydrogen-bond acceptors (Lipinski definition) is 4. The fourth-order valence-corrected chi connectivity index (χ4v) is 2.95. The molecule has 0 saturated carbocycles. The van der Waals surface area contributed by atoms with E-state index in [2.05, 4.69) is 10.2 Å². The van der Waals surface area contributed by atoms with Crippen LogP contribution >= 0.6 is 0 Å². The van der Waals surface area contributed by atoms with Crippen LogP contribution in [0.5, 0.6) is 0 Å². The second-order valence-electron chi connectivity index (χ2n) is 5.93. The molecule has 1 aromatic carbocycles. The Labute approximate surface area is 142 Å². The van der Waals surface area contributed by atoms with Crippen molar-refractivity contribution < 1.29 is 18.4 Å². The molecule has 7 nitrogen and oxygen atoms in total. The molecule has 25 heavy (non-hydrogen) atoms. The Balaban J connectivity index is 1.76. The first kappa shape index (κ1) is 17.0. The van der Waals surface area contributed by atoms with Crippen LogP contribution in [0.1, 0.15) is 23.6 Å². The van der Waals surface area contributed by atoms with Crippen molar-refractivity contribution >= 4 is 11.8 Å². The number of carbonyl (C=O) groups is 2. The van der Waals surface area contributed by atoms with E-state index in [1.807, 2.05) is 0 Å². The van der Waals surface area contributed by atoms with Crippen molar-refractivity contribution in [1.29, 1.82) is 0 Å². The molecule has 2 amide bonds. The molecule has 2 aromatic rings. The Morgan fingerprint density at radius 3 is 2.80 bits per heavy atom. The van der Waals surface area contributed by atoms with E-state index < -0.39 is 23.6 Å². The van der Waals surface area contributed by atoms with Gasteiger partial charge >= 0.3 is 0 Å². The van der Waals surface area contributed by atoms with Crippen LogP contribution in [-0.2, 0) is 29.1 Å². The Bertz CT molecular complexity index is 836. The van der Waals surface area contributed by atoms with Gasteiger partial charge in [0.1, 0.15) is 11.9 Å². The van der Waals surface area contributed by atoms with Crippen LogP contribution in [0.2, 0.25) is 0 Å². The van der Waals surface area contributed by atoms with E-state index >= 15 is 0 Å². The zero-order chi connectivity index (χ0) is 18.1. The lowest BCUT2D eigenvalue weighted by Gasteiger charge is -2.34. The Hall–Kier alpha value is -2.84. The first-order valence-corrected chi connectivity index (χ1v) is 7.79. The maximum Gasteiger partial charge on any atom is 0.242 e. The average Bonchev–Trinajstić information content (AvgIpc) is 2.95. The molecule has 0 radical (unpaired) electrons. The van der Waals surface area contributed by atoms with E-state index in [-0.39, 0.29) is 37.4 Å². The van der Waals surface area contributed by atoms with E-state index in [0.717, 1.165) is 6.07 Å². The van der Waals surface area contributed by atoms with Crippen LogP contribution in [0.15, 0.2) is 18.2 Å². The number of halogens is 2. The number of fused-ring (bicyclic) bond motifs is 1. The molecule has 3 rings (SSSR count). The lowest BCUT2D eigenvalue weighted by Crippen LogP contribution is -2.53. The van der Waals surface area contributed by atoms with Gasteiger partial charge in [0, 0.05) is 6.42 Å². The summed E-state index contributed by atoms with van der Waals surface area (Å²) in [6, 6.07) is 3.00. The Kier molecular flexibility index (Phi) is 4.47. The van der Waals surface area contributed by atoms with E-state index in [1.54, 1.807) is 11.5 Å². The van der Waals surface area contributed by atoms with Crippen LogP contribution in [0, 0.1) is 18.6 Å². The van der Waals surface area contributed by atoms with Gasteiger partial charge in [-0.15, -0.1) is 10.2 Å². The molecular formula is C16H17F2N5O2. The summed E-state index contributed by atoms with van der Waals surface area (Å²) in [6.45, 7) is 2.03. The predicted octanol–water partition coefficient (Wildman–Crippen LogP) is 0.694. The molecule has 9 heteroatoms. The summed E-state index contributed by atoms with van der Waals surface area (Å²) in [6.07, 6.45) is -0.0482. The maximum atomic E-state index is 13.7. The molecule has 132 valence electrons. The second-order valence-corrected chi connectivity index (χ2v) is 5.93. The zero-order valence-corrected chi connectivity index (χ0v) is 13.6. The number of hydrogen-bond donors (Lipinski definition) is 1. The van der Waals surface area contributed by atoms with Gasteiger partial charge in [-0.1, -0.05) is 12.1 Å². The average molecular weight is 349 g/mol. The summed E-state index contributed by atoms with van der Waals surface area (Å²) in [4.78, 5) is 25.6. The zero-order valence-electron chi connectivity index (χ0n) is 13.6. The van der Waals surface area contributed by atoms with Gasteiger partial charge in [-0.3, -0.25) is 9.59 Å². The molecule has 0 fully saturated rings. The standard InChI is InChI=1S/C16H17F2N5O2/c1-9-20-21-13-8-23(12(16(19)25)7-22(9)13)14(24)6-5-10-3-2-4-11(17)15(10)18/h2-4,12H,5-8H2,1H3,(H2,19,25). The van der Waals surface area contributed by atoms with Gasteiger partial charge < -0.3 is 15.2 Å². The number of amides is 2. The van der Waals surface area contributed by atoms with Crippen molar-refractivity contribution in [3.63, 3.8) is 0 Å². The first-order valence-electron chi connectivity index (χ1n) is 7.79. The third-order valence-corrected chi connectivity index (χ3v) is 4.34. The number of nitrogens with zero attached hydrogens (tertiary/aromatic N) is 4. The number of benzene rings is 1. The lowest BCUT2D eigenvalue weighted by molar-refractivity contribution is -0.141. The molecule has 0 bridgehead atoms. The van der Waals surface area contributed by atoms with E-state index in [9.17, 15) is 18.4 Å². The van der Waals surface area contributed by atoms with Gasteiger partial charge in [-0.2, -0.15) is 0 Å². The molecule has 0 saturated heterocycles. The Morgan fingerprint density at radius 2 is 2.08 bits per heavy atom. The SMILES string of the molecule is Cc1nnc2n1CC(C(N)=O)N(C(=O)CCc1cccc(F)c1F)C2. The van der Waals surface area contributed by atoms with Crippen LogP contribution in [0.3, 0.4) is 0 Å². The normalized spacial score (nSPS) is 16.6. The molecule has 0 aliphatic carbocycles. The van der Waals surface area contributed by atoms with Crippen molar-refractivity contribution in [1.82, 2.24) is 19.7 Å². The molecular weight excluding hydrogens is 332 g/mol. The highest BCUT2D eigenvalue weighted by molar-refractivity contribution is 5.86. The number of carbonyl (C=O) groups excluding carboxylic acids is 2. The molecule has 1 unspecified atom stereocenters. The molecule has 1 aliphatic heterocycles. The topological polar surface area (TPSA) is 94.1 Å². The van der Waals surface area contributed by atoms with Crippen LogP contribution < -0.4 is 5.73 Å². The third-order valence-electron chi connectivity index (χ3n) is 4.34. The van der Waals surface area contributed by atoms with Crippen molar-refractivity contribution in [2.24, 2.45) is 5.73 Å². The van der Waals surface area contributed by atoms with E-state index in [1.165, 1.54) is 17.0 Å². The maximum absolute atomic E-state index is 13.7. The van der Waals surface area contributed by atoms with E-state index in [0.29, 0.717) is 11.6 Å². The summed E-state index contributed by atoms with van der Waals surface area (Å²) < 4.78 is 28.7. The molecule has 1 aromatic heterocycles. The molecule has 1 atom stereocenters. The van der Waals surface area contributed by atoms with Crippen molar-refractivity contribution in [3.05, 3.63) is 47.0 Å². The highest BCUT2D eigenvalue weighted by Crippen LogP contribution is 2.20. The summed E-state index contributed by atoms with van der Waals surface area (Å²) in [5.41, 5.74) is 5.54. The molecule has 2 N–H and O–H groups in total. The summed E-state index contributed by atoms with van der Waals surface area (Å²) in [5.74, 6) is -1.74. The largest absolute Gasteiger partial charge is 0.368 e. The van der Waals surface area contributed by atoms with Crippen molar-refractivity contribution in [2.75, 3.05) is 0 Å². The van der Waals surface area contributed by atoms with E-state index in [4.69, 9.17) is 5.73 Å². The van der Waals surface area contributed by atoms with Crippen LogP contribution in [-0.4, -0.2) is 37.5 Å². The Morgan fingerprint density at radius 1 is 1.32 bits per heavy atom. The first-order chi connectivity index (χ1) is 11.9. The fraction of sp³-hybridized carbons (Fsp3) is 0.375. The number of aromatic nitrogens is 3. The van der Waals surface area contributed by atoms with Crippen molar-refractivity contribution in [3.8, 4) is 0 Å². The molecule has 1 aliphatic rings. The minimum absolute atomic E-state index is 0.0239. The highest BCUT2D eigenvalue weighted by atomic mass is 19.2. The van der Waals surface area contributed by atoms with Crippen LogP contribution in [0.4, 0.5) is 8.78 Å². The highest BCUT2D eigenvalue weighted by Gasteiger charge is 2.35. The lowest BCUT2D eigenvalue weighted by atomic mass is 10.1.